The normalized spacial score (nSPS) is 16.1. The van der Waals surface area contributed by atoms with Crippen LogP contribution in [0.25, 0.3) is 0 Å². The van der Waals surface area contributed by atoms with Crippen molar-refractivity contribution in [1.82, 2.24) is 0 Å². The molecular formula is C12H23N. The van der Waals surface area contributed by atoms with Crippen LogP contribution in [0.1, 0.15) is 34.6 Å². The number of rotatable bonds is 4. The summed E-state index contributed by atoms with van der Waals surface area (Å²) in [6.07, 6.45) is 6.26. The van der Waals surface area contributed by atoms with Gasteiger partial charge in [-0.15, -0.1) is 0 Å². The van der Waals surface area contributed by atoms with Crippen molar-refractivity contribution >= 4 is 0 Å². The molecule has 1 atom stereocenters. The summed E-state index contributed by atoms with van der Waals surface area (Å²) in [7, 11) is 0. The minimum Gasteiger partial charge on any atom is -0.399 e. The van der Waals surface area contributed by atoms with Gasteiger partial charge in [0.25, 0.3) is 0 Å². The Kier molecular flexibility index (Phi) is 5.52. The van der Waals surface area contributed by atoms with Gasteiger partial charge in [0.2, 0.25) is 0 Å². The van der Waals surface area contributed by atoms with Crippen LogP contribution < -0.4 is 5.73 Å². The third-order valence-corrected chi connectivity index (χ3v) is 2.18. The Hall–Kier alpha value is -0.720. The molecule has 0 amide bonds. The zero-order chi connectivity index (χ0) is 10.4. The summed E-state index contributed by atoms with van der Waals surface area (Å²) >= 11 is 0. The van der Waals surface area contributed by atoms with Gasteiger partial charge in [0.05, 0.1) is 0 Å². The lowest BCUT2D eigenvalue weighted by atomic mass is 9.97. The summed E-state index contributed by atoms with van der Waals surface area (Å²) in [6, 6.07) is 0. The summed E-state index contributed by atoms with van der Waals surface area (Å²) in [6.45, 7) is 10.9. The van der Waals surface area contributed by atoms with Crippen LogP contribution in [0, 0.1) is 17.8 Å². The maximum Gasteiger partial charge on any atom is 0.0273 e. The maximum atomic E-state index is 5.84. The lowest BCUT2D eigenvalue weighted by Gasteiger charge is -2.10. The van der Waals surface area contributed by atoms with Crippen LogP contribution in [0.4, 0.5) is 0 Å². The van der Waals surface area contributed by atoms with E-state index in [1.165, 1.54) is 0 Å². The highest BCUT2D eigenvalue weighted by atomic mass is 14.6. The molecule has 0 aromatic carbocycles. The number of hydrogen-bond donors (Lipinski definition) is 1. The highest BCUT2D eigenvalue weighted by Crippen LogP contribution is 2.12. The van der Waals surface area contributed by atoms with Crippen molar-refractivity contribution in [1.29, 1.82) is 0 Å². The molecule has 0 aliphatic heterocycles. The molecule has 0 bridgehead atoms. The molecule has 0 aromatic rings. The molecule has 76 valence electrons. The molecule has 1 unspecified atom stereocenters. The van der Waals surface area contributed by atoms with Crippen LogP contribution in [-0.4, -0.2) is 0 Å². The Morgan fingerprint density at radius 3 is 2.00 bits per heavy atom. The smallest absolute Gasteiger partial charge is 0.0273 e. The van der Waals surface area contributed by atoms with Gasteiger partial charge in [-0.3, -0.25) is 0 Å². The van der Waals surface area contributed by atoms with Crippen molar-refractivity contribution in [2.24, 2.45) is 23.5 Å². The fourth-order valence-electron chi connectivity index (χ4n) is 0.855. The predicted molar refractivity (Wildman–Crippen MR) is 60.3 cm³/mol. The van der Waals surface area contributed by atoms with Gasteiger partial charge in [0, 0.05) is 5.70 Å². The zero-order valence-corrected chi connectivity index (χ0v) is 9.54. The van der Waals surface area contributed by atoms with E-state index in [1.807, 2.05) is 6.08 Å². The van der Waals surface area contributed by atoms with Crippen LogP contribution in [0.2, 0.25) is 0 Å². The molecule has 0 heterocycles. The summed E-state index contributed by atoms with van der Waals surface area (Å²) in [4.78, 5) is 0. The second-order valence-corrected chi connectivity index (χ2v) is 4.37. The van der Waals surface area contributed by atoms with Gasteiger partial charge in [-0.1, -0.05) is 46.8 Å². The second kappa shape index (κ2) is 5.85. The highest BCUT2D eigenvalue weighted by Gasteiger charge is 2.02. The zero-order valence-electron chi connectivity index (χ0n) is 9.54. The Morgan fingerprint density at radius 1 is 1.08 bits per heavy atom. The molecule has 2 N–H and O–H groups in total. The van der Waals surface area contributed by atoms with Crippen molar-refractivity contribution in [3.05, 3.63) is 23.9 Å². The maximum absolute atomic E-state index is 5.84. The van der Waals surface area contributed by atoms with Crippen LogP contribution in [0.5, 0.6) is 0 Å². The Balaban J connectivity index is 4.16. The first-order valence-electron chi connectivity index (χ1n) is 5.09. The first-order valence-corrected chi connectivity index (χ1v) is 5.09. The fraction of sp³-hybridized carbons (Fsp3) is 0.667. The molecule has 0 rings (SSSR count). The van der Waals surface area contributed by atoms with E-state index in [1.54, 1.807) is 0 Å². The molecular weight excluding hydrogens is 158 g/mol. The van der Waals surface area contributed by atoms with Gasteiger partial charge < -0.3 is 5.73 Å². The van der Waals surface area contributed by atoms with Crippen LogP contribution >= 0.6 is 0 Å². The standard InChI is InChI=1S/C12H23N/c1-9(2)6-7-12(13)8-11(5)10(3)4/h6-11H,13H2,1-5H3/b7-6+,12-8-. The fourth-order valence-corrected chi connectivity index (χ4v) is 0.855. The summed E-state index contributed by atoms with van der Waals surface area (Å²) in [5.41, 5.74) is 6.72. The number of allylic oxidation sites excluding steroid dienone is 3. The lowest BCUT2D eigenvalue weighted by Crippen LogP contribution is -2.04. The molecule has 0 saturated heterocycles. The van der Waals surface area contributed by atoms with Gasteiger partial charge in [-0.05, 0) is 23.8 Å². The first kappa shape index (κ1) is 12.3. The molecule has 0 aliphatic rings. The molecule has 0 fully saturated rings. The Bertz CT molecular complexity index is 187. The van der Waals surface area contributed by atoms with Crippen molar-refractivity contribution in [2.45, 2.75) is 34.6 Å². The van der Waals surface area contributed by atoms with Crippen molar-refractivity contribution in [3.8, 4) is 0 Å². The average molecular weight is 181 g/mol. The highest BCUT2D eigenvalue weighted by molar-refractivity contribution is 5.16. The Labute approximate surface area is 82.7 Å². The third-order valence-electron chi connectivity index (χ3n) is 2.18. The van der Waals surface area contributed by atoms with E-state index >= 15 is 0 Å². The molecule has 0 radical (unpaired) electrons. The van der Waals surface area contributed by atoms with Crippen LogP contribution in [0.3, 0.4) is 0 Å². The molecule has 0 spiro atoms. The van der Waals surface area contributed by atoms with Crippen LogP contribution in [0.15, 0.2) is 23.9 Å². The second-order valence-electron chi connectivity index (χ2n) is 4.37. The predicted octanol–water partition coefficient (Wildman–Crippen LogP) is 3.33. The quantitative estimate of drug-likeness (QED) is 0.661. The van der Waals surface area contributed by atoms with Gasteiger partial charge in [0.1, 0.15) is 0 Å². The van der Waals surface area contributed by atoms with E-state index in [0.717, 1.165) is 5.70 Å². The van der Waals surface area contributed by atoms with Gasteiger partial charge in [-0.2, -0.15) is 0 Å². The number of nitrogens with two attached hydrogens (primary N) is 1. The summed E-state index contributed by atoms with van der Waals surface area (Å²) in [5.74, 6) is 1.78. The molecule has 1 heteroatoms. The van der Waals surface area contributed by atoms with Crippen molar-refractivity contribution in [3.63, 3.8) is 0 Å². The minimum atomic E-state index is 0.553. The van der Waals surface area contributed by atoms with E-state index in [9.17, 15) is 0 Å². The largest absolute Gasteiger partial charge is 0.399 e. The molecule has 0 saturated carbocycles. The van der Waals surface area contributed by atoms with Crippen molar-refractivity contribution < 1.29 is 0 Å². The first-order chi connectivity index (χ1) is 5.93. The molecule has 0 aliphatic carbocycles. The average Bonchev–Trinajstić information content (AvgIpc) is 2.00. The van der Waals surface area contributed by atoms with Gasteiger partial charge in [0.15, 0.2) is 0 Å². The summed E-state index contributed by atoms with van der Waals surface area (Å²) in [5, 5.41) is 0. The molecule has 0 aromatic heterocycles. The SMILES string of the molecule is CC(C)/C=C/C(N)=C/C(C)C(C)C. The summed E-state index contributed by atoms with van der Waals surface area (Å²) < 4.78 is 0. The number of hydrogen-bond acceptors (Lipinski definition) is 1. The van der Waals surface area contributed by atoms with E-state index in [0.29, 0.717) is 17.8 Å². The lowest BCUT2D eigenvalue weighted by molar-refractivity contribution is 0.502. The minimum absolute atomic E-state index is 0.553. The Morgan fingerprint density at radius 2 is 1.62 bits per heavy atom. The molecule has 1 nitrogen and oxygen atoms in total. The van der Waals surface area contributed by atoms with Gasteiger partial charge in [-0.25, -0.2) is 0 Å². The van der Waals surface area contributed by atoms with Gasteiger partial charge >= 0.3 is 0 Å². The monoisotopic (exact) mass is 181 g/mol. The molecule has 13 heavy (non-hydrogen) atoms. The topological polar surface area (TPSA) is 26.0 Å². The van der Waals surface area contributed by atoms with Crippen molar-refractivity contribution in [2.75, 3.05) is 0 Å². The van der Waals surface area contributed by atoms with E-state index < -0.39 is 0 Å². The van der Waals surface area contributed by atoms with E-state index in [-0.39, 0.29) is 0 Å². The third kappa shape index (κ3) is 6.44. The van der Waals surface area contributed by atoms with E-state index in [2.05, 4.69) is 46.8 Å². The van der Waals surface area contributed by atoms with E-state index in [4.69, 9.17) is 5.73 Å². The van der Waals surface area contributed by atoms with Crippen LogP contribution in [-0.2, 0) is 0 Å².